The highest BCUT2D eigenvalue weighted by molar-refractivity contribution is 7.89. The predicted octanol–water partition coefficient (Wildman–Crippen LogP) is 2.25. The van der Waals surface area contributed by atoms with E-state index in [0.717, 1.165) is 31.7 Å². The molecule has 0 bridgehead atoms. The van der Waals surface area contributed by atoms with Crippen molar-refractivity contribution in [1.82, 2.24) is 10.0 Å². The second-order valence-corrected chi connectivity index (χ2v) is 8.06. The Morgan fingerprint density at radius 2 is 2.10 bits per heavy atom. The van der Waals surface area contributed by atoms with Gasteiger partial charge in [-0.25, -0.2) is 13.1 Å². The standard InChI is InChI=1S/C15H24N2O3S/c1-2-9-16-10-13-5-6-14(20-13)21(18,19)17-11-15(7-8-15)12-3-4-12/h5-6,12,16-17H,2-4,7-11H2,1H3. The van der Waals surface area contributed by atoms with Crippen LogP contribution in [0.25, 0.3) is 0 Å². The predicted molar refractivity (Wildman–Crippen MR) is 80.3 cm³/mol. The molecule has 1 aromatic rings. The van der Waals surface area contributed by atoms with Crippen LogP contribution >= 0.6 is 0 Å². The maximum atomic E-state index is 12.3. The first-order chi connectivity index (χ1) is 10.1. The quantitative estimate of drug-likeness (QED) is 0.686. The van der Waals surface area contributed by atoms with E-state index in [2.05, 4.69) is 17.0 Å². The van der Waals surface area contributed by atoms with Gasteiger partial charge in [0.2, 0.25) is 5.09 Å². The lowest BCUT2D eigenvalue weighted by molar-refractivity contribution is 0.392. The van der Waals surface area contributed by atoms with Crippen LogP contribution in [0.4, 0.5) is 0 Å². The molecule has 2 fully saturated rings. The molecule has 5 nitrogen and oxygen atoms in total. The van der Waals surface area contributed by atoms with Crippen molar-refractivity contribution >= 4 is 10.0 Å². The van der Waals surface area contributed by atoms with Gasteiger partial charge in [0, 0.05) is 6.54 Å². The monoisotopic (exact) mass is 312 g/mol. The molecule has 0 amide bonds. The summed E-state index contributed by atoms with van der Waals surface area (Å²) in [5.41, 5.74) is 0.255. The SMILES string of the molecule is CCCNCc1ccc(S(=O)(=O)NCC2(C3CC3)CC2)o1. The van der Waals surface area contributed by atoms with Gasteiger partial charge in [0.05, 0.1) is 6.54 Å². The van der Waals surface area contributed by atoms with E-state index in [1.54, 1.807) is 12.1 Å². The molecule has 0 saturated heterocycles. The van der Waals surface area contributed by atoms with Gasteiger partial charge in [-0.3, -0.25) is 0 Å². The molecule has 0 spiro atoms. The van der Waals surface area contributed by atoms with E-state index in [0.29, 0.717) is 18.8 Å². The van der Waals surface area contributed by atoms with Crippen LogP contribution in [0, 0.1) is 11.3 Å². The van der Waals surface area contributed by atoms with E-state index in [9.17, 15) is 8.42 Å². The van der Waals surface area contributed by atoms with Crippen molar-refractivity contribution in [3.05, 3.63) is 17.9 Å². The maximum Gasteiger partial charge on any atom is 0.273 e. The lowest BCUT2D eigenvalue weighted by Crippen LogP contribution is -2.31. The molecule has 21 heavy (non-hydrogen) atoms. The second-order valence-electron chi connectivity index (χ2n) is 6.36. The topological polar surface area (TPSA) is 71.3 Å². The number of sulfonamides is 1. The minimum atomic E-state index is -3.51. The zero-order chi connectivity index (χ0) is 14.9. The summed E-state index contributed by atoms with van der Waals surface area (Å²) in [6, 6.07) is 3.27. The lowest BCUT2D eigenvalue weighted by atomic mass is 10.0. The Kier molecular flexibility index (Phi) is 4.12. The molecule has 0 unspecified atom stereocenters. The third-order valence-corrected chi connectivity index (χ3v) is 5.85. The average molecular weight is 312 g/mol. The Morgan fingerprint density at radius 3 is 2.71 bits per heavy atom. The molecule has 1 aromatic heterocycles. The minimum absolute atomic E-state index is 0.0300. The Labute approximate surface area is 126 Å². The van der Waals surface area contributed by atoms with Crippen LogP contribution in [-0.2, 0) is 16.6 Å². The third-order valence-electron chi connectivity index (χ3n) is 4.58. The van der Waals surface area contributed by atoms with Crippen LogP contribution in [0.15, 0.2) is 21.6 Å². The van der Waals surface area contributed by atoms with E-state index in [-0.39, 0.29) is 10.5 Å². The van der Waals surface area contributed by atoms with E-state index in [1.807, 2.05) is 0 Å². The number of hydrogen-bond acceptors (Lipinski definition) is 4. The summed E-state index contributed by atoms with van der Waals surface area (Å²) in [6.07, 6.45) is 5.87. The largest absolute Gasteiger partial charge is 0.447 e. The van der Waals surface area contributed by atoms with Crippen LogP contribution < -0.4 is 10.0 Å². The van der Waals surface area contributed by atoms with Gasteiger partial charge in [-0.15, -0.1) is 0 Å². The van der Waals surface area contributed by atoms with E-state index in [4.69, 9.17) is 4.42 Å². The smallest absolute Gasteiger partial charge is 0.273 e. The van der Waals surface area contributed by atoms with E-state index in [1.165, 1.54) is 12.8 Å². The fraction of sp³-hybridized carbons (Fsp3) is 0.733. The summed E-state index contributed by atoms with van der Waals surface area (Å²) in [4.78, 5) is 0. The molecule has 0 radical (unpaired) electrons. The number of furan rings is 1. The highest BCUT2D eigenvalue weighted by atomic mass is 32.2. The number of nitrogens with one attached hydrogen (secondary N) is 2. The van der Waals surface area contributed by atoms with Crippen molar-refractivity contribution in [1.29, 1.82) is 0 Å². The molecule has 2 N–H and O–H groups in total. The highest BCUT2D eigenvalue weighted by Crippen LogP contribution is 2.60. The van der Waals surface area contributed by atoms with Crippen LogP contribution in [0.5, 0.6) is 0 Å². The summed E-state index contributed by atoms with van der Waals surface area (Å²) < 4.78 is 32.7. The maximum absolute atomic E-state index is 12.3. The number of hydrogen-bond donors (Lipinski definition) is 2. The lowest BCUT2D eigenvalue weighted by Gasteiger charge is -2.14. The molecular formula is C15H24N2O3S. The Morgan fingerprint density at radius 1 is 1.33 bits per heavy atom. The number of rotatable bonds is 9. The molecule has 2 saturated carbocycles. The van der Waals surface area contributed by atoms with Crippen LogP contribution in [-0.4, -0.2) is 21.5 Å². The van der Waals surface area contributed by atoms with Crippen molar-refractivity contribution in [2.45, 2.75) is 50.7 Å². The molecular weight excluding hydrogens is 288 g/mol. The first kappa shape index (κ1) is 15.1. The van der Waals surface area contributed by atoms with Gasteiger partial charge in [0.15, 0.2) is 0 Å². The van der Waals surface area contributed by atoms with Crippen LogP contribution in [0.1, 0.15) is 44.8 Å². The summed E-state index contributed by atoms with van der Waals surface area (Å²) in [7, 11) is -3.51. The van der Waals surface area contributed by atoms with Gasteiger partial charge < -0.3 is 9.73 Å². The molecule has 1 heterocycles. The van der Waals surface area contributed by atoms with Gasteiger partial charge in [-0.05, 0) is 62.1 Å². The minimum Gasteiger partial charge on any atom is -0.447 e. The summed E-state index contributed by atoms with van der Waals surface area (Å²) in [6.45, 7) is 4.10. The first-order valence-electron chi connectivity index (χ1n) is 7.85. The molecule has 0 atom stereocenters. The van der Waals surface area contributed by atoms with Crippen molar-refractivity contribution in [3.63, 3.8) is 0 Å². The van der Waals surface area contributed by atoms with E-state index >= 15 is 0 Å². The van der Waals surface area contributed by atoms with Gasteiger partial charge in [0.1, 0.15) is 5.76 Å². The Bertz CT molecular complexity index is 586. The summed E-state index contributed by atoms with van der Waals surface area (Å²) >= 11 is 0. The van der Waals surface area contributed by atoms with Crippen molar-refractivity contribution in [2.24, 2.45) is 11.3 Å². The Hall–Kier alpha value is -0.850. The molecule has 0 aromatic carbocycles. The third kappa shape index (κ3) is 3.49. The zero-order valence-corrected chi connectivity index (χ0v) is 13.3. The summed E-state index contributed by atoms with van der Waals surface area (Å²) in [5.74, 6) is 1.40. The second kappa shape index (κ2) is 5.74. The normalized spacial score (nSPS) is 20.6. The van der Waals surface area contributed by atoms with Crippen molar-refractivity contribution < 1.29 is 12.8 Å². The van der Waals surface area contributed by atoms with E-state index < -0.39 is 10.0 Å². The fourth-order valence-corrected chi connectivity index (χ4v) is 3.97. The van der Waals surface area contributed by atoms with Gasteiger partial charge in [-0.1, -0.05) is 6.92 Å². The molecule has 2 aliphatic rings. The fourth-order valence-electron chi connectivity index (χ4n) is 2.88. The summed E-state index contributed by atoms with van der Waals surface area (Å²) in [5, 5.41) is 3.23. The van der Waals surface area contributed by atoms with Crippen molar-refractivity contribution in [2.75, 3.05) is 13.1 Å². The van der Waals surface area contributed by atoms with Gasteiger partial charge in [0.25, 0.3) is 10.0 Å². The zero-order valence-electron chi connectivity index (χ0n) is 12.5. The molecule has 118 valence electrons. The molecule has 6 heteroatoms. The van der Waals surface area contributed by atoms with Crippen LogP contribution in [0.3, 0.4) is 0 Å². The van der Waals surface area contributed by atoms with Crippen molar-refractivity contribution in [3.8, 4) is 0 Å². The van der Waals surface area contributed by atoms with Crippen LogP contribution in [0.2, 0.25) is 0 Å². The average Bonchev–Trinajstić information content (AvgIpc) is 3.35. The van der Waals surface area contributed by atoms with Gasteiger partial charge >= 0.3 is 0 Å². The Balaban J connectivity index is 1.56. The van der Waals surface area contributed by atoms with Gasteiger partial charge in [-0.2, -0.15) is 0 Å². The highest BCUT2D eigenvalue weighted by Gasteiger charge is 2.53. The first-order valence-corrected chi connectivity index (χ1v) is 9.33. The molecule has 0 aliphatic heterocycles. The molecule has 2 aliphatic carbocycles. The molecule has 3 rings (SSSR count).